The van der Waals surface area contributed by atoms with Crippen LogP contribution in [-0.4, -0.2) is 48.7 Å². The second-order valence-corrected chi connectivity index (χ2v) is 10.2. The van der Waals surface area contributed by atoms with Crippen LogP contribution in [-0.2, 0) is 0 Å². The van der Waals surface area contributed by atoms with Crippen LogP contribution in [0.3, 0.4) is 0 Å². The van der Waals surface area contributed by atoms with Crippen LogP contribution in [0, 0.1) is 17.3 Å². The van der Waals surface area contributed by atoms with Crippen molar-refractivity contribution in [1.29, 1.82) is 0 Å². The van der Waals surface area contributed by atoms with Gasteiger partial charge in [0.2, 0.25) is 0 Å². The highest BCUT2D eigenvalue weighted by molar-refractivity contribution is 6.34. The van der Waals surface area contributed by atoms with Crippen LogP contribution in [0.2, 0.25) is 5.02 Å². The quantitative estimate of drug-likeness (QED) is 0.413. The molecule has 1 aliphatic carbocycles. The van der Waals surface area contributed by atoms with Gasteiger partial charge in [0, 0.05) is 38.1 Å². The largest absolute Gasteiger partial charge is 0.387 e. The number of nitrogens with one attached hydrogen (secondary N) is 2. The molecule has 1 heterocycles. The number of piperidine rings is 1. The Morgan fingerprint density at radius 2 is 2.06 bits per heavy atom. The number of anilines is 1. The molecule has 1 aromatic rings. The number of hydrogen-bond donors (Lipinski definition) is 3. The molecule has 1 saturated carbocycles. The number of rotatable bonds is 10. The van der Waals surface area contributed by atoms with E-state index in [1.807, 2.05) is 12.1 Å². The average molecular weight is 462 g/mol. The van der Waals surface area contributed by atoms with Crippen LogP contribution in [0.25, 0.3) is 0 Å². The van der Waals surface area contributed by atoms with Gasteiger partial charge in [-0.05, 0) is 74.0 Å². The third kappa shape index (κ3) is 5.79. The van der Waals surface area contributed by atoms with E-state index in [0.717, 1.165) is 49.8 Å². The predicted molar refractivity (Wildman–Crippen MR) is 133 cm³/mol. The summed E-state index contributed by atoms with van der Waals surface area (Å²) in [7, 11) is 1.61. The highest BCUT2D eigenvalue weighted by Gasteiger charge is 2.54. The summed E-state index contributed by atoms with van der Waals surface area (Å²) in [5.41, 5.74) is 3.14. The molecule has 2 fully saturated rings. The first-order chi connectivity index (χ1) is 15.3. The SMILES string of the molecule is CC/C=C(/C(O)C(C)C)N1CCC2(CC1)CC2CCCNc1ccc(C(=O)NC)c(Cl)c1. The number of carbonyl (C=O) groups excluding carboxylic acids is 1. The molecule has 3 N–H and O–H groups in total. The Morgan fingerprint density at radius 3 is 2.66 bits per heavy atom. The predicted octanol–water partition coefficient (Wildman–Crippen LogP) is 5.30. The van der Waals surface area contributed by atoms with Gasteiger partial charge >= 0.3 is 0 Å². The molecule has 1 saturated heterocycles. The summed E-state index contributed by atoms with van der Waals surface area (Å²) in [6, 6.07) is 5.51. The normalized spacial score (nSPS) is 21.0. The Bertz CT molecular complexity index is 815. The highest BCUT2D eigenvalue weighted by Crippen LogP contribution is 2.61. The number of carbonyl (C=O) groups is 1. The van der Waals surface area contributed by atoms with Gasteiger partial charge in [-0.15, -0.1) is 0 Å². The van der Waals surface area contributed by atoms with Crippen molar-refractivity contribution in [2.24, 2.45) is 17.3 Å². The van der Waals surface area contributed by atoms with Gasteiger partial charge < -0.3 is 20.6 Å². The summed E-state index contributed by atoms with van der Waals surface area (Å²) in [4.78, 5) is 14.2. The third-order valence-electron chi connectivity index (χ3n) is 7.33. The monoisotopic (exact) mass is 461 g/mol. The summed E-state index contributed by atoms with van der Waals surface area (Å²) in [6.45, 7) is 9.39. The molecular weight excluding hydrogens is 422 g/mol. The number of aliphatic hydroxyl groups excluding tert-OH is 1. The van der Waals surface area contributed by atoms with E-state index in [0.29, 0.717) is 16.0 Å². The Labute approximate surface area is 198 Å². The zero-order valence-electron chi connectivity index (χ0n) is 20.1. The van der Waals surface area contributed by atoms with Crippen LogP contribution < -0.4 is 10.6 Å². The number of likely N-dealkylation sites (tertiary alicyclic amines) is 1. The lowest BCUT2D eigenvalue weighted by atomic mass is 9.88. The molecule has 32 heavy (non-hydrogen) atoms. The van der Waals surface area contributed by atoms with E-state index in [1.54, 1.807) is 13.1 Å². The molecule has 178 valence electrons. The maximum absolute atomic E-state index is 11.8. The van der Waals surface area contributed by atoms with Crippen LogP contribution in [0.1, 0.15) is 69.7 Å². The zero-order chi connectivity index (χ0) is 23.3. The molecule has 1 aromatic carbocycles. The first-order valence-electron chi connectivity index (χ1n) is 12.2. The van der Waals surface area contributed by atoms with E-state index in [-0.39, 0.29) is 17.9 Å². The number of aliphatic hydroxyl groups is 1. The number of halogens is 1. The molecule has 2 aliphatic rings. The van der Waals surface area contributed by atoms with Gasteiger partial charge in [0.15, 0.2) is 0 Å². The van der Waals surface area contributed by atoms with Crippen LogP contribution in [0.15, 0.2) is 30.0 Å². The summed E-state index contributed by atoms with van der Waals surface area (Å²) >= 11 is 6.24. The van der Waals surface area contributed by atoms with Crippen molar-refractivity contribution in [2.45, 2.75) is 65.4 Å². The van der Waals surface area contributed by atoms with Crippen LogP contribution in [0.5, 0.6) is 0 Å². The summed E-state index contributed by atoms with van der Waals surface area (Å²) in [5, 5.41) is 17.2. The van der Waals surface area contributed by atoms with Crippen molar-refractivity contribution in [3.05, 3.63) is 40.6 Å². The number of amides is 1. The Morgan fingerprint density at radius 1 is 1.34 bits per heavy atom. The van der Waals surface area contributed by atoms with Gasteiger partial charge in [-0.1, -0.05) is 38.4 Å². The van der Waals surface area contributed by atoms with Gasteiger partial charge in [0.05, 0.1) is 16.7 Å². The first kappa shape index (κ1) is 24.9. The molecule has 2 atom stereocenters. The fourth-order valence-corrected chi connectivity index (χ4v) is 5.44. The lowest BCUT2D eigenvalue weighted by molar-refractivity contribution is 0.0963. The lowest BCUT2D eigenvalue weighted by Crippen LogP contribution is -2.39. The number of allylic oxidation sites excluding steroid dienone is 1. The summed E-state index contributed by atoms with van der Waals surface area (Å²) in [6.07, 6.45) is 9.06. The molecule has 0 aromatic heterocycles. The second-order valence-electron chi connectivity index (χ2n) is 9.82. The molecule has 1 spiro atoms. The van der Waals surface area contributed by atoms with Gasteiger partial charge in [0.25, 0.3) is 5.91 Å². The first-order valence-corrected chi connectivity index (χ1v) is 12.6. The van der Waals surface area contributed by atoms with Crippen molar-refractivity contribution >= 4 is 23.2 Å². The third-order valence-corrected chi connectivity index (χ3v) is 7.64. The minimum Gasteiger partial charge on any atom is -0.387 e. The van der Waals surface area contributed by atoms with Crippen molar-refractivity contribution in [3.8, 4) is 0 Å². The van der Waals surface area contributed by atoms with E-state index in [4.69, 9.17) is 11.6 Å². The maximum Gasteiger partial charge on any atom is 0.252 e. The number of nitrogens with zero attached hydrogens (tertiary/aromatic N) is 1. The summed E-state index contributed by atoms with van der Waals surface area (Å²) in [5.74, 6) is 0.918. The van der Waals surface area contributed by atoms with Gasteiger partial charge in [-0.3, -0.25) is 4.79 Å². The minimum absolute atomic E-state index is 0.164. The molecule has 1 amide bonds. The highest BCUT2D eigenvalue weighted by atomic mass is 35.5. The second kappa shape index (κ2) is 10.9. The fourth-order valence-electron chi connectivity index (χ4n) is 5.18. The van der Waals surface area contributed by atoms with Crippen LogP contribution >= 0.6 is 11.6 Å². The van der Waals surface area contributed by atoms with Crippen molar-refractivity contribution in [1.82, 2.24) is 10.2 Å². The van der Waals surface area contributed by atoms with E-state index in [1.165, 1.54) is 25.7 Å². The number of benzene rings is 1. The summed E-state index contributed by atoms with van der Waals surface area (Å²) < 4.78 is 0. The molecule has 0 radical (unpaired) electrons. The smallest absolute Gasteiger partial charge is 0.252 e. The average Bonchev–Trinajstić information content (AvgIpc) is 3.46. The molecule has 6 heteroatoms. The fraction of sp³-hybridized carbons (Fsp3) is 0.654. The standard InChI is InChI=1S/C26H40ClN3O2/c1-5-7-23(24(31)18(2)3)30-14-11-26(12-15-30)17-19(26)8-6-13-29-20-9-10-21(22(27)16-20)25(32)28-4/h7,9-10,16,18-19,24,29,31H,5-6,8,11-15,17H2,1-4H3,(H,28,32)/b23-7-. The topological polar surface area (TPSA) is 64.6 Å². The van der Waals surface area contributed by atoms with Gasteiger partial charge in [0.1, 0.15) is 0 Å². The van der Waals surface area contributed by atoms with Crippen molar-refractivity contribution in [2.75, 3.05) is 32.0 Å². The van der Waals surface area contributed by atoms with E-state index < -0.39 is 0 Å². The maximum atomic E-state index is 11.8. The molecule has 0 bridgehead atoms. The van der Waals surface area contributed by atoms with E-state index >= 15 is 0 Å². The van der Waals surface area contributed by atoms with E-state index in [9.17, 15) is 9.90 Å². The number of hydrogen-bond acceptors (Lipinski definition) is 4. The van der Waals surface area contributed by atoms with Crippen LogP contribution in [0.4, 0.5) is 5.69 Å². The zero-order valence-corrected chi connectivity index (χ0v) is 20.8. The van der Waals surface area contributed by atoms with Gasteiger partial charge in [-0.25, -0.2) is 0 Å². The minimum atomic E-state index is -0.357. The Balaban J connectivity index is 1.41. The van der Waals surface area contributed by atoms with E-state index in [2.05, 4.69) is 42.4 Å². The molecule has 1 aliphatic heterocycles. The molecule has 5 nitrogen and oxygen atoms in total. The molecule has 3 rings (SSSR count). The van der Waals surface area contributed by atoms with Crippen molar-refractivity contribution in [3.63, 3.8) is 0 Å². The lowest BCUT2D eigenvalue weighted by Gasteiger charge is -2.38. The molecule has 2 unspecified atom stereocenters. The van der Waals surface area contributed by atoms with Gasteiger partial charge in [-0.2, -0.15) is 0 Å². The Hall–Kier alpha value is -1.72. The van der Waals surface area contributed by atoms with Crippen molar-refractivity contribution < 1.29 is 9.90 Å². The molecular formula is C26H40ClN3O2. The Kier molecular flexibility index (Phi) is 8.51.